The number of rotatable bonds is 3. The molecule has 0 aromatic carbocycles. The standard InChI is InChI=1S/C17H19N5O3/c1-10-19-15-11(4-6-18-16(15)21(10)2)17(23)22-7-5-13-12(8-22)20-14(25-13)9-24-3/h4,6H,5,7-9H2,1-3H3. The molecule has 8 heteroatoms. The monoisotopic (exact) mass is 341 g/mol. The largest absolute Gasteiger partial charge is 0.443 e. The summed E-state index contributed by atoms with van der Waals surface area (Å²) in [5, 5.41) is 0. The predicted molar refractivity (Wildman–Crippen MR) is 88.9 cm³/mol. The van der Waals surface area contributed by atoms with Crippen LogP contribution < -0.4 is 0 Å². The maximum absolute atomic E-state index is 13.0. The molecule has 130 valence electrons. The van der Waals surface area contributed by atoms with Crippen molar-refractivity contribution in [3.8, 4) is 0 Å². The van der Waals surface area contributed by atoms with Gasteiger partial charge >= 0.3 is 0 Å². The van der Waals surface area contributed by atoms with E-state index in [4.69, 9.17) is 9.15 Å². The fraction of sp³-hybridized carbons (Fsp3) is 0.412. The highest BCUT2D eigenvalue weighted by Crippen LogP contribution is 2.24. The van der Waals surface area contributed by atoms with Gasteiger partial charge in [0, 0.05) is 33.3 Å². The number of carbonyl (C=O) groups is 1. The van der Waals surface area contributed by atoms with E-state index < -0.39 is 0 Å². The van der Waals surface area contributed by atoms with Crippen molar-refractivity contribution in [2.24, 2.45) is 7.05 Å². The quantitative estimate of drug-likeness (QED) is 0.719. The van der Waals surface area contributed by atoms with Crippen LogP contribution in [0.15, 0.2) is 16.7 Å². The number of methoxy groups -OCH3 is 1. The van der Waals surface area contributed by atoms with Crippen molar-refractivity contribution in [1.82, 2.24) is 24.4 Å². The molecule has 1 aliphatic heterocycles. The Balaban J connectivity index is 1.65. The van der Waals surface area contributed by atoms with Crippen LogP contribution in [0.5, 0.6) is 0 Å². The van der Waals surface area contributed by atoms with Crippen LogP contribution in [0.25, 0.3) is 11.2 Å². The van der Waals surface area contributed by atoms with Crippen molar-refractivity contribution in [3.63, 3.8) is 0 Å². The van der Waals surface area contributed by atoms with E-state index in [9.17, 15) is 4.79 Å². The summed E-state index contributed by atoms with van der Waals surface area (Å²) in [7, 11) is 3.49. The van der Waals surface area contributed by atoms with Crippen LogP contribution in [0.2, 0.25) is 0 Å². The maximum atomic E-state index is 13.0. The molecular formula is C17H19N5O3. The number of nitrogens with zero attached hydrogens (tertiary/aromatic N) is 5. The fourth-order valence-electron chi connectivity index (χ4n) is 3.14. The van der Waals surface area contributed by atoms with Crippen LogP contribution in [0, 0.1) is 6.92 Å². The van der Waals surface area contributed by atoms with Crippen molar-refractivity contribution >= 4 is 17.1 Å². The van der Waals surface area contributed by atoms with Crippen molar-refractivity contribution < 1.29 is 13.9 Å². The number of amides is 1. The lowest BCUT2D eigenvalue weighted by Crippen LogP contribution is -2.36. The summed E-state index contributed by atoms with van der Waals surface area (Å²) in [6.07, 6.45) is 2.30. The summed E-state index contributed by atoms with van der Waals surface area (Å²) >= 11 is 0. The van der Waals surface area contributed by atoms with Gasteiger partial charge in [0.1, 0.15) is 29.4 Å². The van der Waals surface area contributed by atoms with Crippen LogP contribution >= 0.6 is 0 Å². The van der Waals surface area contributed by atoms with Gasteiger partial charge in [-0.3, -0.25) is 4.79 Å². The van der Waals surface area contributed by atoms with Gasteiger partial charge < -0.3 is 18.6 Å². The molecule has 8 nitrogen and oxygen atoms in total. The van der Waals surface area contributed by atoms with E-state index in [1.165, 1.54) is 0 Å². The van der Waals surface area contributed by atoms with Gasteiger partial charge in [-0.05, 0) is 13.0 Å². The van der Waals surface area contributed by atoms with Gasteiger partial charge in [0.2, 0.25) is 5.89 Å². The number of ether oxygens (including phenoxy) is 1. The summed E-state index contributed by atoms with van der Waals surface area (Å²) in [5.74, 6) is 2.15. The molecule has 0 atom stereocenters. The Morgan fingerprint density at radius 3 is 3.04 bits per heavy atom. The Bertz CT molecular complexity index is 959. The molecule has 0 radical (unpaired) electrons. The van der Waals surface area contributed by atoms with Gasteiger partial charge in [-0.25, -0.2) is 15.0 Å². The summed E-state index contributed by atoms with van der Waals surface area (Å²) in [4.78, 5) is 28.1. The molecule has 0 saturated heterocycles. The second kappa shape index (κ2) is 5.96. The lowest BCUT2D eigenvalue weighted by atomic mass is 10.1. The van der Waals surface area contributed by atoms with E-state index in [1.54, 1.807) is 24.3 Å². The average Bonchev–Trinajstić information content (AvgIpc) is 3.14. The van der Waals surface area contributed by atoms with Gasteiger partial charge in [0.15, 0.2) is 5.65 Å². The first-order chi connectivity index (χ1) is 12.1. The number of aromatic nitrogens is 4. The Labute approximate surface area is 144 Å². The highest BCUT2D eigenvalue weighted by molar-refractivity contribution is 6.04. The van der Waals surface area contributed by atoms with Crippen LogP contribution in [-0.2, 0) is 31.4 Å². The molecule has 0 unspecified atom stereocenters. The van der Waals surface area contributed by atoms with Gasteiger partial charge in [0.25, 0.3) is 5.91 Å². The highest BCUT2D eigenvalue weighted by Gasteiger charge is 2.28. The lowest BCUT2D eigenvalue weighted by molar-refractivity contribution is 0.0729. The van der Waals surface area contributed by atoms with Gasteiger partial charge in [-0.2, -0.15) is 0 Å². The maximum Gasteiger partial charge on any atom is 0.256 e. The zero-order chi connectivity index (χ0) is 17.6. The summed E-state index contributed by atoms with van der Waals surface area (Å²) < 4.78 is 12.6. The van der Waals surface area contributed by atoms with E-state index in [-0.39, 0.29) is 5.91 Å². The molecule has 4 rings (SSSR count). The minimum atomic E-state index is -0.0626. The Morgan fingerprint density at radius 1 is 1.40 bits per heavy atom. The molecular weight excluding hydrogens is 322 g/mol. The first kappa shape index (κ1) is 15.8. The first-order valence-corrected chi connectivity index (χ1v) is 8.12. The Morgan fingerprint density at radius 2 is 2.24 bits per heavy atom. The Hall–Kier alpha value is -2.74. The van der Waals surface area contributed by atoms with Crippen LogP contribution in [0.4, 0.5) is 0 Å². The molecule has 0 fully saturated rings. The number of imidazole rings is 1. The number of pyridine rings is 1. The zero-order valence-corrected chi connectivity index (χ0v) is 14.4. The fourth-order valence-corrected chi connectivity index (χ4v) is 3.14. The molecule has 3 aromatic rings. The first-order valence-electron chi connectivity index (χ1n) is 8.12. The molecule has 0 spiro atoms. The molecule has 4 heterocycles. The molecule has 1 aliphatic rings. The third-order valence-corrected chi connectivity index (χ3v) is 4.54. The van der Waals surface area contributed by atoms with Crippen molar-refractivity contribution in [2.75, 3.05) is 13.7 Å². The minimum absolute atomic E-state index is 0.0626. The smallest absolute Gasteiger partial charge is 0.256 e. The molecule has 0 aliphatic carbocycles. The number of carbonyl (C=O) groups excluding carboxylic acids is 1. The van der Waals surface area contributed by atoms with Crippen LogP contribution in [-0.4, -0.2) is 44.0 Å². The number of fused-ring (bicyclic) bond motifs is 2. The summed E-state index contributed by atoms with van der Waals surface area (Å²) in [6, 6.07) is 1.73. The van der Waals surface area contributed by atoms with Crippen molar-refractivity contribution in [1.29, 1.82) is 0 Å². The van der Waals surface area contributed by atoms with Crippen LogP contribution in [0.3, 0.4) is 0 Å². The van der Waals surface area contributed by atoms with E-state index >= 15 is 0 Å². The second-order valence-corrected chi connectivity index (χ2v) is 6.14. The SMILES string of the molecule is COCc1nc2c(o1)CCN(C(=O)c1ccnc3c1nc(C)n3C)C2. The number of aryl methyl sites for hydroxylation is 2. The summed E-state index contributed by atoms with van der Waals surface area (Å²) in [6.45, 7) is 3.25. The Kier molecular flexibility index (Phi) is 3.76. The third-order valence-electron chi connectivity index (χ3n) is 4.54. The number of hydrogen-bond acceptors (Lipinski definition) is 6. The lowest BCUT2D eigenvalue weighted by Gasteiger charge is -2.25. The highest BCUT2D eigenvalue weighted by atomic mass is 16.5. The second-order valence-electron chi connectivity index (χ2n) is 6.14. The molecule has 25 heavy (non-hydrogen) atoms. The summed E-state index contributed by atoms with van der Waals surface area (Å²) in [5.41, 5.74) is 2.72. The molecule has 0 saturated carbocycles. The van der Waals surface area contributed by atoms with Crippen molar-refractivity contribution in [2.45, 2.75) is 26.5 Å². The van der Waals surface area contributed by atoms with Crippen molar-refractivity contribution in [3.05, 3.63) is 41.0 Å². The van der Waals surface area contributed by atoms with E-state index in [2.05, 4.69) is 15.0 Å². The van der Waals surface area contributed by atoms with E-state index in [0.29, 0.717) is 48.7 Å². The predicted octanol–water partition coefficient (Wildman–Crippen LogP) is 1.61. The molecule has 1 amide bonds. The number of oxazole rings is 1. The van der Waals surface area contributed by atoms with Crippen LogP contribution in [0.1, 0.15) is 33.5 Å². The minimum Gasteiger partial charge on any atom is -0.443 e. The molecule has 0 N–H and O–H groups in total. The normalized spacial score (nSPS) is 14.1. The molecule has 0 bridgehead atoms. The van der Waals surface area contributed by atoms with E-state index in [1.807, 2.05) is 18.5 Å². The van der Waals surface area contributed by atoms with Gasteiger partial charge in [-0.1, -0.05) is 0 Å². The molecule has 3 aromatic heterocycles. The zero-order valence-electron chi connectivity index (χ0n) is 14.4. The topological polar surface area (TPSA) is 86.3 Å². The number of hydrogen-bond donors (Lipinski definition) is 0. The third kappa shape index (κ3) is 2.58. The average molecular weight is 341 g/mol. The van der Waals surface area contributed by atoms with Gasteiger partial charge in [-0.15, -0.1) is 0 Å². The van der Waals surface area contributed by atoms with E-state index in [0.717, 1.165) is 17.3 Å². The van der Waals surface area contributed by atoms with Gasteiger partial charge in [0.05, 0.1) is 12.1 Å².